The summed E-state index contributed by atoms with van der Waals surface area (Å²) >= 11 is 1.24. The molecule has 0 saturated carbocycles. The van der Waals surface area contributed by atoms with Gasteiger partial charge in [-0.3, -0.25) is 0 Å². The molecule has 0 amide bonds. The molecule has 0 aliphatic carbocycles. The van der Waals surface area contributed by atoms with Crippen LogP contribution in [0.5, 0.6) is 5.06 Å². The monoisotopic (exact) mass is 284 g/mol. The molecule has 0 aliphatic rings. The van der Waals surface area contributed by atoms with Crippen LogP contribution in [0.2, 0.25) is 0 Å². The van der Waals surface area contributed by atoms with E-state index in [0.29, 0.717) is 23.2 Å². The minimum absolute atomic E-state index is 0.353. The molecule has 104 valence electrons. The first kappa shape index (κ1) is 15.2. The van der Waals surface area contributed by atoms with Crippen molar-refractivity contribution in [3.05, 3.63) is 29.7 Å². The van der Waals surface area contributed by atoms with E-state index in [1.54, 1.807) is 12.1 Å². The summed E-state index contributed by atoms with van der Waals surface area (Å²) in [4.78, 5) is 22.5. The van der Waals surface area contributed by atoms with E-state index in [0.717, 1.165) is 18.9 Å². The summed E-state index contributed by atoms with van der Waals surface area (Å²) in [6, 6.07) is 3.40. The number of carbonyl (C=O) groups excluding carboxylic acids is 2. The Labute approximate surface area is 115 Å². The maximum absolute atomic E-state index is 11.2. The largest absolute Gasteiger partial charge is 0.484 e. The normalized spacial score (nSPS) is 9.74. The molecule has 1 heterocycles. The van der Waals surface area contributed by atoms with E-state index in [2.05, 4.69) is 11.3 Å². The van der Waals surface area contributed by atoms with Gasteiger partial charge in [0.2, 0.25) is 0 Å². The lowest BCUT2D eigenvalue weighted by Gasteiger charge is -2.03. The first-order valence-electron chi connectivity index (χ1n) is 5.77. The number of unbranched alkanes of at least 4 members (excludes halogenated alkanes) is 1. The smallest absolute Gasteiger partial charge is 0.348 e. The van der Waals surface area contributed by atoms with Gasteiger partial charge in [-0.1, -0.05) is 17.9 Å². The highest BCUT2D eigenvalue weighted by atomic mass is 32.1. The molecule has 0 atom stereocenters. The summed E-state index contributed by atoms with van der Waals surface area (Å²) in [5, 5.41) is 0.670. The van der Waals surface area contributed by atoms with Crippen LogP contribution in [0.4, 0.5) is 0 Å². The van der Waals surface area contributed by atoms with Gasteiger partial charge in [0.05, 0.1) is 20.3 Å². The molecular weight excluding hydrogens is 268 g/mol. The number of thiophene rings is 1. The second-order valence-electron chi connectivity index (χ2n) is 3.54. The van der Waals surface area contributed by atoms with Crippen LogP contribution in [0.3, 0.4) is 0 Å². The molecule has 1 rings (SSSR count). The standard InChI is InChI=1S/C13H16O5S/c1-3-11(14)17-8-4-5-9-18-12-7-6-10(19-12)13(15)16-2/h3,6-7H,1,4-5,8-9H2,2H3. The molecule has 0 aromatic carbocycles. The Bertz CT molecular complexity index is 438. The van der Waals surface area contributed by atoms with Crippen LogP contribution in [0.25, 0.3) is 0 Å². The molecule has 1 aromatic heterocycles. The number of methoxy groups -OCH3 is 1. The molecule has 0 radical (unpaired) electrons. The van der Waals surface area contributed by atoms with Crippen LogP contribution < -0.4 is 4.74 Å². The lowest BCUT2D eigenvalue weighted by molar-refractivity contribution is -0.137. The van der Waals surface area contributed by atoms with Gasteiger partial charge >= 0.3 is 11.9 Å². The van der Waals surface area contributed by atoms with Crippen LogP contribution in [-0.2, 0) is 14.3 Å². The number of hydrogen-bond acceptors (Lipinski definition) is 6. The maximum atomic E-state index is 11.2. The Kier molecular flexibility index (Phi) is 6.67. The van der Waals surface area contributed by atoms with Gasteiger partial charge in [-0.25, -0.2) is 9.59 Å². The number of ether oxygens (including phenoxy) is 3. The second kappa shape index (κ2) is 8.31. The zero-order valence-corrected chi connectivity index (χ0v) is 11.5. The first-order chi connectivity index (χ1) is 9.17. The topological polar surface area (TPSA) is 61.8 Å². The van der Waals surface area contributed by atoms with Crippen LogP contribution in [0.15, 0.2) is 24.8 Å². The highest BCUT2D eigenvalue weighted by molar-refractivity contribution is 7.15. The van der Waals surface area contributed by atoms with Gasteiger partial charge in [-0.15, -0.1) is 0 Å². The Morgan fingerprint density at radius 3 is 2.74 bits per heavy atom. The number of hydrogen-bond donors (Lipinski definition) is 0. The Morgan fingerprint density at radius 2 is 2.05 bits per heavy atom. The fourth-order valence-electron chi connectivity index (χ4n) is 1.22. The summed E-state index contributed by atoms with van der Waals surface area (Å²) in [7, 11) is 1.34. The van der Waals surface area contributed by atoms with Gasteiger partial charge in [0.1, 0.15) is 4.88 Å². The van der Waals surface area contributed by atoms with E-state index in [1.807, 2.05) is 0 Å². The predicted molar refractivity (Wildman–Crippen MR) is 71.5 cm³/mol. The number of carbonyl (C=O) groups is 2. The molecule has 0 N–H and O–H groups in total. The van der Waals surface area contributed by atoms with E-state index < -0.39 is 5.97 Å². The molecule has 0 saturated heterocycles. The van der Waals surface area contributed by atoms with Crippen LogP contribution in [0, 0.1) is 0 Å². The molecule has 1 aromatic rings. The maximum Gasteiger partial charge on any atom is 0.348 e. The van der Waals surface area contributed by atoms with E-state index in [1.165, 1.54) is 18.4 Å². The van der Waals surface area contributed by atoms with Crippen molar-refractivity contribution in [2.75, 3.05) is 20.3 Å². The third-order valence-corrected chi connectivity index (χ3v) is 3.14. The average molecular weight is 284 g/mol. The third kappa shape index (κ3) is 5.56. The van der Waals surface area contributed by atoms with Gasteiger partial charge < -0.3 is 14.2 Å². The van der Waals surface area contributed by atoms with Crippen molar-refractivity contribution in [2.24, 2.45) is 0 Å². The lowest BCUT2D eigenvalue weighted by Crippen LogP contribution is -2.04. The third-order valence-electron chi connectivity index (χ3n) is 2.16. The molecule has 0 fully saturated rings. The van der Waals surface area contributed by atoms with Crippen LogP contribution >= 0.6 is 11.3 Å². The van der Waals surface area contributed by atoms with E-state index >= 15 is 0 Å². The van der Waals surface area contributed by atoms with Gasteiger partial charge in [0, 0.05) is 6.08 Å². The average Bonchev–Trinajstić information content (AvgIpc) is 2.90. The fourth-order valence-corrected chi connectivity index (χ4v) is 2.01. The zero-order valence-electron chi connectivity index (χ0n) is 10.7. The summed E-state index contributed by atoms with van der Waals surface area (Å²) < 4.78 is 14.9. The van der Waals surface area contributed by atoms with Crippen LogP contribution in [-0.4, -0.2) is 32.3 Å². The SMILES string of the molecule is C=CC(=O)OCCCCOc1ccc(C(=O)OC)s1. The molecule has 19 heavy (non-hydrogen) atoms. The molecule has 0 aliphatic heterocycles. The van der Waals surface area contributed by atoms with Crippen molar-refractivity contribution in [2.45, 2.75) is 12.8 Å². The molecule has 6 heteroatoms. The number of esters is 2. The Balaban J connectivity index is 2.16. The second-order valence-corrected chi connectivity index (χ2v) is 4.58. The molecule has 0 spiro atoms. The summed E-state index contributed by atoms with van der Waals surface area (Å²) in [5.41, 5.74) is 0. The lowest BCUT2D eigenvalue weighted by atomic mass is 10.3. The Hall–Kier alpha value is -1.82. The van der Waals surface area contributed by atoms with Gasteiger partial charge in [-0.05, 0) is 25.0 Å². The zero-order chi connectivity index (χ0) is 14.1. The summed E-state index contributed by atoms with van der Waals surface area (Å²) in [5.74, 6) is -0.780. The summed E-state index contributed by atoms with van der Waals surface area (Å²) in [6.45, 7) is 4.16. The molecule has 0 unspecified atom stereocenters. The van der Waals surface area contributed by atoms with Gasteiger partial charge in [0.15, 0.2) is 5.06 Å². The van der Waals surface area contributed by atoms with Gasteiger partial charge in [0.25, 0.3) is 0 Å². The van der Waals surface area contributed by atoms with Crippen molar-refractivity contribution in [3.63, 3.8) is 0 Å². The Morgan fingerprint density at radius 1 is 1.32 bits per heavy atom. The van der Waals surface area contributed by atoms with Crippen molar-refractivity contribution in [3.8, 4) is 5.06 Å². The quantitative estimate of drug-likeness (QED) is 0.417. The number of rotatable bonds is 8. The highest BCUT2D eigenvalue weighted by Crippen LogP contribution is 2.25. The first-order valence-corrected chi connectivity index (χ1v) is 6.59. The fraction of sp³-hybridized carbons (Fsp3) is 0.385. The van der Waals surface area contributed by atoms with Crippen molar-refractivity contribution >= 4 is 23.3 Å². The van der Waals surface area contributed by atoms with Crippen molar-refractivity contribution in [1.29, 1.82) is 0 Å². The van der Waals surface area contributed by atoms with E-state index in [9.17, 15) is 9.59 Å². The van der Waals surface area contributed by atoms with Gasteiger partial charge in [-0.2, -0.15) is 0 Å². The van der Waals surface area contributed by atoms with E-state index in [-0.39, 0.29) is 5.97 Å². The molecular formula is C13H16O5S. The minimum atomic E-state index is -0.415. The predicted octanol–water partition coefficient (Wildman–Crippen LogP) is 2.42. The molecule has 5 nitrogen and oxygen atoms in total. The minimum Gasteiger partial charge on any atom is -0.484 e. The molecule has 0 bridgehead atoms. The van der Waals surface area contributed by atoms with Crippen LogP contribution in [0.1, 0.15) is 22.5 Å². The van der Waals surface area contributed by atoms with Crippen molar-refractivity contribution < 1.29 is 23.8 Å². The van der Waals surface area contributed by atoms with Crippen molar-refractivity contribution in [1.82, 2.24) is 0 Å². The summed E-state index contributed by atoms with van der Waals surface area (Å²) in [6.07, 6.45) is 2.61. The highest BCUT2D eigenvalue weighted by Gasteiger charge is 2.09. The van der Waals surface area contributed by atoms with E-state index in [4.69, 9.17) is 9.47 Å².